The summed E-state index contributed by atoms with van der Waals surface area (Å²) in [5.41, 5.74) is 0.432. The molecule has 0 spiro atoms. The highest BCUT2D eigenvalue weighted by molar-refractivity contribution is 6.31. The molecule has 2 aromatic carbocycles. The van der Waals surface area contributed by atoms with E-state index in [2.05, 4.69) is 10.6 Å². The molecule has 0 aliphatic carbocycles. The van der Waals surface area contributed by atoms with Crippen LogP contribution in [0.1, 0.15) is 5.56 Å². The molecular weight excluding hydrogens is 336 g/mol. The van der Waals surface area contributed by atoms with Crippen molar-refractivity contribution in [3.63, 3.8) is 0 Å². The molecule has 7 heteroatoms. The van der Waals surface area contributed by atoms with Crippen molar-refractivity contribution < 1.29 is 13.6 Å². The average molecular weight is 348 g/mol. The van der Waals surface area contributed by atoms with Gasteiger partial charge in [0.05, 0.1) is 0 Å². The number of nitrogens with zero attached hydrogens (tertiary/aromatic N) is 1. The Balaban J connectivity index is 2.16. The lowest BCUT2D eigenvalue weighted by Crippen LogP contribution is -2.14. The van der Waals surface area contributed by atoms with Crippen LogP contribution in [0.5, 0.6) is 0 Å². The summed E-state index contributed by atoms with van der Waals surface area (Å²) < 4.78 is 27.0. The van der Waals surface area contributed by atoms with E-state index in [1.54, 1.807) is 25.1 Å². The number of amides is 1. The number of anilines is 2. The lowest BCUT2D eigenvalue weighted by molar-refractivity contribution is -0.112. The Morgan fingerprint density at radius 3 is 2.50 bits per heavy atom. The van der Waals surface area contributed by atoms with Gasteiger partial charge in [0.25, 0.3) is 5.91 Å². The van der Waals surface area contributed by atoms with E-state index in [-0.39, 0.29) is 5.57 Å². The maximum absolute atomic E-state index is 13.5. The second-order valence-corrected chi connectivity index (χ2v) is 5.24. The fraction of sp³-hybridized carbons (Fsp3) is 0.0588. The van der Waals surface area contributed by atoms with E-state index in [4.69, 9.17) is 16.9 Å². The van der Waals surface area contributed by atoms with E-state index in [0.717, 1.165) is 23.9 Å². The highest BCUT2D eigenvalue weighted by atomic mass is 35.5. The zero-order chi connectivity index (χ0) is 17.7. The molecule has 0 fully saturated rings. The molecule has 0 saturated heterocycles. The first-order valence-electron chi connectivity index (χ1n) is 6.80. The van der Waals surface area contributed by atoms with Crippen LogP contribution in [0.2, 0.25) is 5.02 Å². The quantitative estimate of drug-likeness (QED) is 0.637. The number of benzene rings is 2. The van der Waals surface area contributed by atoms with E-state index in [1.165, 1.54) is 12.1 Å². The van der Waals surface area contributed by atoms with Crippen molar-refractivity contribution in [3.05, 3.63) is 70.4 Å². The number of carbonyl (C=O) groups is 1. The largest absolute Gasteiger partial charge is 0.355 e. The summed E-state index contributed by atoms with van der Waals surface area (Å²) in [6.45, 7) is 1.81. The number of carbonyl (C=O) groups excluding carboxylic acids is 1. The molecule has 1 amide bonds. The maximum Gasteiger partial charge on any atom is 0.267 e. The normalized spacial score (nSPS) is 10.9. The van der Waals surface area contributed by atoms with Gasteiger partial charge in [-0.05, 0) is 36.8 Å². The fourth-order valence-corrected chi connectivity index (χ4v) is 1.98. The third-order valence-electron chi connectivity index (χ3n) is 3.12. The van der Waals surface area contributed by atoms with Crippen molar-refractivity contribution in [2.24, 2.45) is 0 Å². The highest BCUT2D eigenvalue weighted by Crippen LogP contribution is 2.21. The molecule has 2 N–H and O–H groups in total. The van der Waals surface area contributed by atoms with Crippen LogP contribution in [0.3, 0.4) is 0 Å². The summed E-state index contributed by atoms with van der Waals surface area (Å²) in [6, 6.07) is 9.85. The third kappa shape index (κ3) is 4.09. The number of aryl methyl sites for hydroxylation is 1. The average Bonchev–Trinajstić information content (AvgIpc) is 2.54. The number of hydrogen-bond donors (Lipinski definition) is 2. The minimum absolute atomic E-state index is 0.352. The van der Waals surface area contributed by atoms with Crippen molar-refractivity contribution in [2.75, 3.05) is 10.6 Å². The second-order valence-electron chi connectivity index (χ2n) is 4.83. The topological polar surface area (TPSA) is 64.9 Å². The van der Waals surface area contributed by atoms with Gasteiger partial charge in [-0.2, -0.15) is 5.26 Å². The summed E-state index contributed by atoms with van der Waals surface area (Å²) in [7, 11) is 0. The molecule has 122 valence electrons. The zero-order valence-corrected chi connectivity index (χ0v) is 13.3. The SMILES string of the molecule is Cc1ccc(NC(=O)/C(C#N)=C\Nc2c(F)cccc2F)cc1Cl. The van der Waals surface area contributed by atoms with Gasteiger partial charge in [-0.25, -0.2) is 8.78 Å². The molecule has 4 nitrogen and oxygen atoms in total. The smallest absolute Gasteiger partial charge is 0.267 e. The zero-order valence-electron chi connectivity index (χ0n) is 12.5. The van der Waals surface area contributed by atoms with Crippen molar-refractivity contribution in [1.29, 1.82) is 5.26 Å². The van der Waals surface area contributed by atoms with E-state index in [9.17, 15) is 13.6 Å². The Morgan fingerprint density at radius 2 is 1.92 bits per heavy atom. The van der Waals surface area contributed by atoms with Crippen LogP contribution in [0, 0.1) is 29.9 Å². The van der Waals surface area contributed by atoms with Crippen LogP contribution in [-0.2, 0) is 4.79 Å². The first-order chi connectivity index (χ1) is 11.4. The minimum Gasteiger partial charge on any atom is -0.355 e. The Labute approximate surface area is 142 Å². The number of halogens is 3. The monoisotopic (exact) mass is 347 g/mol. The van der Waals surface area contributed by atoms with Crippen LogP contribution in [0.25, 0.3) is 0 Å². The van der Waals surface area contributed by atoms with Crippen LogP contribution >= 0.6 is 11.6 Å². The summed E-state index contributed by atoms with van der Waals surface area (Å²) >= 11 is 5.96. The number of nitrogens with one attached hydrogen (secondary N) is 2. The van der Waals surface area contributed by atoms with Gasteiger partial charge in [-0.1, -0.05) is 23.7 Å². The lowest BCUT2D eigenvalue weighted by Gasteiger charge is -2.07. The molecule has 0 atom stereocenters. The van der Waals surface area contributed by atoms with Gasteiger partial charge < -0.3 is 10.6 Å². The van der Waals surface area contributed by atoms with Crippen molar-refractivity contribution in [3.8, 4) is 6.07 Å². The molecule has 0 aliphatic rings. The molecule has 0 aliphatic heterocycles. The molecule has 0 aromatic heterocycles. The Kier molecular flexibility index (Phi) is 5.51. The van der Waals surface area contributed by atoms with Crippen LogP contribution < -0.4 is 10.6 Å². The van der Waals surface area contributed by atoms with Crippen LogP contribution in [-0.4, -0.2) is 5.91 Å². The van der Waals surface area contributed by atoms with Crippen molar-refractivity contribution >= 4 is 28.9 Å². The molecule has 2 aromatic rings. The molecule has 0 saturated carbocycles. The Morgan fingerprint density at radius 1 is 1.25 bits per heavy atom. The molecular formula is C17H12ClF2N3O. The molecule has 0 radical (unpaired) electrons. The Bertz CT molecular complexity index is 839. The summed E-state index contributed by atoms with van der Waals surface area (Å²) in [5, 5.41) is 14.3. The number of rotatable bonds is 4. The summed E-state index contributed by atoms with van der Waals surface area (Å²) in [5.74, 6) is -2.41. The number of hydrogen-bond acceptors (Lipinski definition) is 3. The van der Waals surface area contributed by atoms with Crippen LogP contribution in [0.4, 0.5) is 20.2 Å². The summed E-state index contributed by atoms with van der Waals surface area (Å²) in [4.78, 5) is 12.1. The van der Waals surface area contributed by atoms with Gasteiger partial charge >= 0.3 is 0 Å². The van der Waals surface area contributed by atoms with E-state index in [1.807, 2.05) is 0 Å². The maximum atomic E-state index is 13.5. The van der Waals surface area contributed by atoms with E-state index in [0.29, 0.717) is 10.7 Å². The van der Waals surface area contributed by atoms with Crippen LogP contribution in [0.15, 0.2) is 48.2 Å². The van der Waals surface area contributed by atoms with Gasteiger partial charge in [-0.3, -0.25) is 4.79 Å². The van der Waals surface area contributed by atoms with Crippen molar-refractivity contribution in [1.82, 2.24) is 0 Å². The molecule has 0 heterocycles. The highest BCUT2D eigenvalue weighted by Gasteiger charge is 2.12. The van der Waals surface area contributed by atoms with E-state index < -0.39 is 23.2 Å². The van der Waals surface area contributed by atoms with Gasteiger partial charge in [0.15, 0.2) is 0 Å². The predicted octanol–water partition coefficient (Wildman–Crippen LogP) is 4.38. The number of nitriles is 1. The molecule has 2 rings (SSSR count). The predicted molar refractivity (Wildman–Crippen MR) is 88.5 cm³/mol. The second kappa shape index (κ2) is 7.57. The van der Waals surface area contributed by atoms with Gasteiger partial charge in [0.1, 0.15) is 29.0 Å². The first kappa shape index (κ1) is 17.4. The first-order valence-corrected chi connectivity index (χ1v) is 7.18. The van der Waals surface area contributed by atoms with Gasteiger partial charge in [0.2, 0.25) is 0 Å². The van der Waals surface area contributed by atoms with Gasteiger partial charge in [0, 0.05) is 16.9 Å². The van der Waals surface area contributed by atoms with E-state index >= 15 is 0 Å². The fourth-order valence-electron chi connectivity index (χ4n) is 1.80. The molecule has 24 heavy (non-hydrogen) atoms. The lowest BCUT2D eigenvalue weighted by atomic mass is 10.2. The van der Waals surface area contributed by atoms with Crippen molar-refractivity contribution in [2.45, 2.75) is 6.92 Å². The standard InChI is InChI=1S/C17H12ClF2N3O/c1-10-5-6-12(7-13(10)18)23-17(24)11(8-21)9-22-16-14(19)3-2-4-15(16)20/h2-7,9,22H,1H3,(H,23,24)/b11-9-. The summed E-state index contributed by atoms with van der Waals surface area (Å²) in [6.07, 6.45) is 0.937. The Hall–Kier alpha value is -2.91. The molecule has 0 bridgehead atoms. The minimum atomic E-state index is -0.839. The number of para-hydroxylation sites is 1. The molecule has 0 unspecified atom stereocenters. The third-order valence-corrected chi connectivity index (χ3v) is 3.53. The van der Waals surface area contributed by atoms with Gasteiger partial charge in [-0.15, -0.1) is 0 Å².